The van der Waals surface area contributed by atoms with Gasteiger partial charge in [0.05, 0.1) is 0 Å². The second kappa shape index (κ2) is 14.9. The van der Waals surface area contributed by atoms with Crippen LogP contribution in [0.1, 0.15) is 46.0 Å². The number of amides is 1. The zero-order chi connectivity index (χ0) is 13.9. The van der Waals surface area contributed by atoms with Gasteiger partial charge >= 0.3 is 0 Å². The molecule has 1 aliphatic rings. The van der Waals surface area contributed by atoms with Crippen LogP contribution >= 0.6 is 24.8 Å². The molecular weight excluding hydrogens is 309 g/mol. The lowest BCUT2D eigenvalue weighted by Crippen LogP contribution is -2.27. The highest BCUT2D eigenvalue weighted by atomic mass is 35.5. The summed E-state index contributed by atoms with van der Waals surface area (Å²) in [4.78, 5) is 14.1. The number of hydrogen-bond acceptors (Lipinski definition) is 3. The third-order valence-corrected chi connectivity index (χ3v) is 4.06. The molecule has 6 heteroatoms. The summed E-state index contributed by atoms with van der Waals surface area (Å²) in [6.07, 6.45) is 5.24. The fourth-order valence-electron chi connectivity index (χ4n) is 2.61. The highest BCUT2D eigenvalue weighted by molar-refractivity contribution is 5.85. The van der Waals surface area contributed by atoms with Crippen molar-refractivity contribution >= 4 is 30.7 Å². The van der Waals surface area contributed by atoms with Crippen molar-refractivity contribution in [3.63, 3.8) is 0 Å². The maximum Gasteiger partial charge on any atom is 0.220 e. The third kappa shape index (κ3) is 11.2. The molecule has 1 aliphatic heterocycles. The van der Waals surface area contributed by atoms with Gasteiger partial charge in [0.25, 0.3) is 0 Å². The number of rotatable bonds is 10. The quantitative estimate of drug-likeness (QED) is 0.600. The van der Waals surface area contributed by atoms with E-state index in [-0.39, 0.29) is 30.7 Å². The Hall–Kier alpha value is -0.0300. The highest BCUT2D eigenvalue weighted by Gasteiger charge is 2.15. The fraction of sp³-hybridized carbons (Fsp3) is 0.933. The average Bonchev–Trinajstić information content (AvgIpc) is 2.94. The van der Waals surface area contributed by atoms with E-state index in [1.165, 1.54) is 12.8 Å². The van der Waals surface area contributed by atoms with Gasteiger partial charge in [0.2, 0.25) is 5.91 Å². The number of nitrogens with zero attached hydrogens (tertiary/aromatic N) is 1. The Balaban J connectivity index is 0. The van der Waals surface area contributed by atoms with E-state index in [0.717, 1.165) is 52.1 Å². The zero-order valence-corrected chi connectivity index (χ0v) is 15.2. The summed E-state index contributed by atoms with van der Waals surface area (Å²) >= 11 is 0. The van der Waals surface area contributed by atoms with Crippen LogP contribution in [0.25, 0.3) is 0 Å². The maximum atomic E-state index is 11.7. The molecule has 1 unspecified atom stereocenters. The van der Waals surface area contributed by atoms with Gasteiger partial charge in [-0.15, -0.1) is 24.8 Å². The van der Waals surface area contributed by atoms with Crippen LogP contribution in [0.5, 0.6) is 0 Å². The molecule has 21 heavy (non-hydrogen) atoms. The molecule has 0 aromatic heterocycles. The van der Waals surface area contributed by atoms with Gasteiger partial charge in [-0.05, 0) is 64.3 Å². The van der Waals surface area contributed by atoms with Gasteiger partial charge in [-0.3, -0.25) is 4.79 Å². The normalized spacial score (nSPS) is 17.2. The van der Waals surface area contributed by atoms with E-state index in [9.17, 15) is 4.79 Å². The van der Waals surface area contributed by atoms with E-state index in [4.69, 9.17) is 0 Å². The monoisotopic (exact) mass is 341 g/mol. The Kier molecular flexibility index (Phi) is 16.5. The fourth-order valence-corrected chi connectivity index (χ4v) is 2.61. The Morgan fingerprint density at radius 1 is 1.24 bits per heavy atom. The summed E-state index contributed by atoms with van der Waals surface area (Å²) in [6.45, 7) is 10.8. The lowest BCUT2D eigenvalue weighted by atomic mass is 10.0. The van der Waals surface area contributed by atoms with Gasteiger partial charge in [0.1, 0.15) is 0 Å². The lowest BCUT2D eigenvalue weighted by molar-refractivity contribution is -0.121. The van der Waals surface area contributed by atoms with E-state index >= 15 is 0 Å². The Morgan fingerprint density at radius 3 is 2.52 bits per heavy atom. The van der Waals surface area contributed by atoms with Crippen molar-refractivity contribution in [3.8, 4) is 0 Å². The molecule has 0 radical (unpaired) electrons. The molecule has 0 aliphatic carbocycles. The molecule has 128 valence electrons. The minimum absolute atomic E-state index is 0. The lowest BCUT2D eigenvalue weighted by Gasteiger charge is -2.17. The first kappa shape index (κ1) is 23.2. The number of carbonyl (C=O) groups is 1. The van der Waals surface area contributed by atoms with Gasteiger partial charge in [-0.25, -0.2) is 0 Å². The van der Waals surface area contributed by atoms with Gasteiger partial charge in [-0.1, -0.05) is 13.8 Å². The van der Waals surface area contributed by atoms with Crippen LogP contribution in [-0.4, -0.2) is 50.1 Å². The molecule has 0 bridgehead atoms. The molecule has 1 saturated heterocycles. The Labute approximate surface area is 142 Å². The minimum atomic E-state index is 0. The summed E-state index contributed by atoms with van der Waals surface area (Å²) in [7, 11) is 0. The van der Waals surface area contributed by atoms with Crippen molar-refractivity contribution in [2.24, 2.45) is 5.92 Å². The first-order chi connectivity index (χ1) is 9.26. The summed E-state index contributed by atoms with van der Waals surface area (Å²) in [5.74, 6) is 0.947. The topological polar surface area (TPSA) is 44.4 Å². The SMILES string of the molecule is CCN(CC)CCCCNC(=O)CCC1CCNC1.Cl.Cl. The Morgan fingerprint density at radius 2 is 1.95 bits per heavy atom. The van der Waals surface area contributed by atoms with Crippen molar-refractivity contribution in [3.05, 3.63) is 0 Å². The molecule has 2 N–H and O–H groups in total. The zero-order valence-electron chi connectivity index (χ0n) is 13.5. The van der Waals surface area contributed by atoms with Crippen LogP contribution in [0.2, 0.25) is 0 Å². The summed E-state index contributed by atoms with van der Waals surface area (Å²) in [6, 6.07) is 0. The number of carbonyl (C=O) groups excluding carboxylic acids is 1. The molecule has 1 heterocycles. The second-order valence-corrected chi connectivity index (χ2v) is 5.48. The summed E-state index contributed by atoms with van der Waals surface area (Å²) < 4.78 is 0. The summed E-state index contributed by atoms with van der Waals surface area (Å²) in [5, 5.41) is 6.38. The molecule has 1 amide bonds. The van der Waals surface area contributed by atoms with Crippen LogP contribution in [0.15, 0.2) is 0 Å². The van der Waals surface area contributed by atoms with Crippen LogP contribution in [-0.2, 0) is 4.79 Å². The van der Waals surface area contributed by atoms with Crippen molar-refractivity contribution in [2.45, 2.75) is 46.0 Å². The standard InChI is InChI=1S/C15H31N3O.2ClH/c1-3-18(4-2)12-6-5-10-17-15(19)8-7-14-9-11-16-13-14;;/h14,16H,3-13H2,1-2H3,(H,17,19);2*1H. The van der Waals surface area contributed by atoms with Crippen molar-refractivity contribution in [1.29, 1.82) is 0 Å². The predicted molar refractivity (Wildman–Crippen MR) is 94.7 cm³/mol. The molecule has 0 spiro atoms. The van der Waals surface area contributed by atoms with Crippen LogP contribution in [0.4, 0.5) is 0 Å². The molecule has 0 aromatic rings. The molecular formula is C15H33Cl2N3O. The first-order valence-corrected chi connectivity index (χ1v) is 7.96. The highest BCUT2D eigenvalue weighted by Crippen LogP contribution is 2.13. The van der Waals surface area contributed by atoms with Crippen LogP contribution < -0.4 is 10.6 Å². The molecule has 1 atom stereocenters. The molecule has 0 aromatic carbocycles. The van der Waals surface area contributed by atoms with Gasteiger partial charge < -0.3 is 15.5 Å². The average molecular weight is 342 g/mol. The van der Waals surface area contributed by atoms with E-state index in [1.807, 2.05) is 0 Å². The third-order valence-electron chi connectivity index (χ3n) is 4.06. The van der Waals surface area contributed by atoms with E-state index in [0.29, 0.717) is 12.3 Å². The molecule has 1 fully saturated rings. The number of unbranched alkanes of at least 4 members (excludes halogenated alkanes) is 1. The van der Waals surface area contributed by atoms with E-state index in [1.54, 1.807) is 0 Å². The van der Waals surface area contributed by atoms with Crippen molar-refractivity contribution in [1.82, 2.24) is 15.5 Å². The van der Waals surface area contributed by atoms with E-state index < -0.39 is 0 Å². The van der Waals surface area contributed by atoms with Gasteiger partial charge in [0.15, 0.2) is 0 Å². The first-order valence-electron chi connectivity index (χ1n) is 7.96. The number of hydrogen-bond donors (Lipinski definition) is 2. The molecule has 1 rings (SSSR count). The Bertz CT molecular complexity index is 245. The van der Waals surface area contributed by atoms with E-state index in [2.05, 4.69) is 29.4 Å². The largest absolute Gasteiger partial charge is 0.356 e. The predicted octanol–water partition coefficient (Wildman–Crippen LogP) is 2.46. The maximum absolute atomic E-state index is 11.7. The number of halogens is 2. The van der Waals surface area contributed by atoms with Crippen molar-refractivity contribution in [2.75, 3.05) is 39.3 Å². The van der Waals surface area contributed by atoms with Gasteiger partial charge in [0, 0.05) is 13.0 Å². The van der Waals surface area contributed by atoms with Crippen LogP contribution in [0.3, 0.4) is 0 Å². The summed E-state index contributed by atoms with van der Waals surface area (Å²) in [5.41, 5.74) is 0. The number of nitrogens with one attached hydrogen (secondary N) is 2. The molecule has 0 saturated carbocycles. The van der Waals surface area contributed by atoms with Crippen molar-refractivity contribution < 1.29 is 4.79 Å². The smallest absolute Gasteiger partial charge is 0.220 e. The molecule has 4 nitrogen and oxygen atoms in total. The second-order valence-electron chi connectivity index (χ2n) is 5.48. The van der Waals surface area contributed by atoms with Crippen LogP contribution in [0, 0.1) is 5.92 Å². The minimum Gasteiger partial charge on any atom is -0.356 e. The van der Waals surface area contributed by atoms with Gasteiger partial charge in [-0.2, -0.15) is 0 Å².